The molecule has 0 aromatic heterocycles. The van der Waals surface area contributed by atoms with Crippen molar-refractivity contribution in [3.8, 4) is 11.8 Å². The highest BCUT2D eigenvalue weighted by molar-refractivity contribution is 5.94. The molecule has 0 bridgehead atoms. The minimum absolute atomic E-state index is 0.0737. The minimum atomic E-state index is -0.0737. The number of Topliss-reactive ketones (excluding diaryl/α,β-unsaturated/α-hetero) is 1. The molecule has 0 fully saturated rings. The van der Waals surface area contributed by atoms with Crippen LogP contribution < -0.4 is 4.74 Å². The summed E-state index contributed by atoms with van der Waals surface area (Å²) >= 11 is 0. The van der Waals surface area contributed by atoms with Gasteiger partial charge >= 0.3 is 0 Å². The molecule has 0 spiro atoms. The highest BCUT2D eigenvalue weighted by Crippen LogP contribution is 2.16. The van der Waals surface area contributed by atoms with Crippen molar-refractivity contribution in [3.63, 3.8) is 0 Å². The van der Waals surface area contributed by atoms with Gasteiger partial charge in [0.05, 0.1) is 18.7 Å². The molecule has 66 valence electrons. The van der Waals surface area contributed by atoms with E-state index in [9.17, 15) is 4.79 Å². The van der Waals surface area contributed by atoms with Crippen molar-refractivity contribution in [3.05, 3.63) is 29.3 Å². The van der Waals surface area contributed by atoms with E-state index in [1.54, 1.807) is 18.2 Å². The maximum atomic E-state index is 11.0. The fourth-order valence-corrected chi connectivity index (χ4v) is 0.985. The molecule has 0 aliphatic heterocycles. The van der Waals surface area contributed by atoms with Crippen LogP contribution >= 0.6 is 0 Å². The molecule has 13 heavy (non-hydrogen) atoms. The third kappa shape index (κ3) is 2.06. The Labute approximate surface area is 76.6 Å². The van der Waals surface area contributed by atoms with Crippen molar-refractivity contribution in [2.45, 2.75) is 6.92 Å². The SMILES string of the molecule is COc1cc(C#N)cc(C(C)=O)c1. The van der Waals surface area contributed by atoms with Gasteiger partial charge in [0.2, 0.25) is 0 Å². The van der Waals surface area contributed by atoms with Crippen LogP contribution in [-0.4, -0.2) is 12.9 Å². The molecule has 0 amide bonds. The van der Waals surface area contributed by atoms with Gasteiger partial charge in [-0.1, -0.05) is 0 Å². The van der Waals surface area contributed by atoms with E-state index < -0.39 is 0 Å². The summed E-state index contributed by atoms with van der Waals surface area (Å²) < 4.78 is 4.94. The van der Waals surface area contributed by atoms with Crippen molar-refractivity contribution in [2.75, 3.05) is 7.11 Å². The Morgan fingerprint density at radius 3 is 2.62 bits per heavy atom. The summed E-state index contributed by atoms with van der Waals surface area (Å²) in [7, 11) is 1.50. The average molecular weight is 175 g/mol. The summed E-state index contributed by atoms with van der Waals surface area (Å²) in [6.07, 6.45) is 0. The average Bonchev–Trinajstić information content (AvgIpc) is 2.16. The monoisotopic (exact) mass is 175 g/mol. The van der Waals surface area contributed by atoms with Gasteiger partial charge < -0.3 is 4.74 Å². The summed E-state index contributed by atoms with van der Waals surface area (Å²) in [6.45, 7) is 1.45. The van der Waals surface area contributed by atoms with Gasteiger partial charge in [0, 0.05) is 5.56 Å². The van der Waals surface area contributed by atoms with Crippen LogP contribution in [0, 0.1) is 11.3 Å². The van der Waals surface area contributed by atoms with E-state index in [0.29, 0.717) is 16.9 Å². The van der Waals surface area contributed by atoms with E-state index in [2.05, 4.69) is 0 Å². The van der Waals surface area contributed by atoms with Crippen LogP contribution in [0.4, 0.5) is 0 Å². The van der Waals surface area contributed by atoms with Gasteiger partial charge in [0.25, 0.3) is 0 Å². The molecule has 0 saturated heterocycles. The highest BCUT2D eigenvalue weighted by atomic mass is 16.5. The molecule has 0 atom stereocenters. The molecule has 0 radical (unpaired) electrons. The van der Waals surface area contributed by atoms with Gasteiger partial charge in [0.15, 0.2) is 5.78 Å². The van der Waals surface area contributed by atoms with Gasteiger partial charge in [-0.3, -0.25) is 4.79 Å². The Morgan fingerprint density at radius 1 is 1.46 bits per heavy atom. The van der Waals surface area contributed by atoms with Gasteiger partial charge in [0.1, 0.15) is 5.75 Å². The molecule has 0 unspecified atom stereocenters. The van der Waals surface area contributed by atoms with Crippen LogP contribution in [0.2, 0.25) is 0 Å². The number of ketones is 1. The smallest absolute Gasteiger partial charge is 0.159 e. The number of carbonyl (C=O) groups excluding carboxylic acids is 1. The lowest BCUT2D eigenvalue weighted by Crippen LogP contribution is -1.94. The van der Waals surface area contributed by atoms with E-state index in [0.717, 1.165) is 0 Å². The van der Waals surface area contributed by atoms with E-state index in [4.69, 9.17) is 10.00 Å². The van der Waals surface area contributed by atoms with E-state index in [-0.39, 0.29) is 5.78 Å². The quantitative estimate of drug-likeness (QED) is 0.643. The molecule has 1 aromatic rings. The molecule has 0 aliphatic rings. The lowest BCUT2D eigenvalue weighted by Gasteiger charge is -2.02. The fraction of sp³-hybridized carbons (Fsp3) is 0.200. The Balaban J connectivity index is 3.24. The first kappa shape index (κ1) is 9.27. The first-order chi connectivity index (χ1) is 6.17. The first-order valence-corrected chi connectivity index (χ1v) is 3.77. The predicted octanol–water partition coefficient (Wildman–Crippen LogP) is 1.77. The molecular weight excluding hydrogens is 166 g/mol. The van der Waals surface area contributed by atoms with E-state index in [1.807, 2.05) is 6.07 Å². The molecule has 0 N–H and O–H groups in total. The number of nitriles is 1. The number of nitrogens with zero attached hydrogens (tertiary/aromatic N) is 1. The number of hydrogen-bond donors (Lipinski definition) is 0. The Kier molecular flexibility index (Phi) is 2.65. The second-order valence-electron chi connectivity index (χ2n) is 2.62. The van der Waals surface area contributed by atoms with E-state index >= 15 is 0 Å². The zero-order valence-corrected chi connectivity index (χ0v) is 7.50. The molecule has 0 saturated carbocycles. The number of rotatable bonds is 2. The molecule has 0 aliphatic carbocycles. The van der Waals surface area contributed by atoms with Gasteiger partial charge in [-0.25, -0.2) is 0 Å². The van der Waals surface area contributed by atoms with Crippen molar-refractivity contribution in [1.29, 1.82) is 5.26 Å². The Morgan fingerprint density at radius 2 is 2.15 bits per heavy atom. The number of methoxy groups -OCH3 is 1. The minimum Gasteiger partial charge on any atom is -0.497 e. The topological polar surface area (TPSA) is 50.1 Å². The molecule has 1 rings (SSSR count). The maximum absolute atomic E-state index is 11.0. The van der Waals surface area contributed by atoms with Crippen molar-refractivity contribution < 1.29 is 9.53 Å². The zero-order valence-electron chi connectivity index (χ0n) is 7.50. The third-order valence-electron chi connectivity index (χ3n) is 1.68. The van der Waals surface area contributed by atoms with Crippen molar-refractivity contribution >= 4 is 5.78 Å². The molecule has 0 heterocycles. The molecular formula is C10H9NO2. The van der Waals surface area contributed by atoms with Crippen LogP contribution in [0.3, 0.4) is 0 Å². The first-order valence-electron chi connectivity index (χ1n) is 3.77. The third-order valence-corrected chi connectivity index (χ3v) is 1.68. The molecule has 3 heteroatoms. The van der Waals surface area contributed by atoms with Crippen molar-refractivity contribution in [2.24, 2.45) is 0 Å². The Bertz CT molecular complexity index is 377. The van der Waals surface area contributed by atoms with Crippen molar-refractivity contribution in [1.82, 2.24) is 0 Å². The zero-order chi connectivity index (χ0) is 9.84. The van der Waals surface area contributed by atoms with Crippen LogP contribution in [0.1, 0.15) is 22.8 Å². The number of hydrogen-bond acceptors (Lipinski definition) is 3. The maximum Gasteiger partial charge on any atom is 0.159 e. The van der Waals surface area contributed by atoms with Crippen LogP contribution in [0.25, 0.3) is 0 Å². The normalized spacial score (nSPS) is 9.00. The number of carbonyl (C=O) groups is 1. The predicted molar refractivity (Wildman–Crippen MR) is 47.7 cm³/mol. The summed E-state index contributed by atoms with van der Waals surface area (Å²) in [5.41, 5.74) is 0.931. The largest absolute Gasteiger partial charge is 0.497 e. The van der Waals surface area contributed by atoms with Gasteiger partial charge in [-0.2, -0.15) is 5.26 Å². The summed E-state index contributed by atoms with van der Waals surface area (Å²) in [4.78, 5) is 11.0. The van der Waals surface area contributed by atoms with Gasteiger partial charge in [-0.05, 0) is 25.1 Å². The standard InChI is InChI=1S/C10H9NO2/c1-7(12)9-3-8(6-11)4-10(5-9)13-2/h3-5H,1-2H3. The molecule has 3 nitrogen and oxygen atoms in total. The second kappa shape index (κ2) is 3.72. The van der Waals surface area contributed by atoms with Crippen LogP contribution in [0.15, 0.2) is 18.2 Å². The second-order valence-corrected chi connectivity index (χ2v) is 2.62. The summed E-state index contributed by atoms with van der Waals surface area (Å²) in [5, 5.41) is 8.65. The molecule has 1 aromatic carbocycles. The Hall–Kier alpha value is -1.82. The summed E-state index contributed by atoms with van der Waals surface area (Å²) in [6, 6.07) is 6.72. The van der Waals surface area contributed by atoms with Gasteiger partial charge in [-0.15, -0.1) is 0 Å². The summed E-state index contributed by atoms with van der Waals surface area (Å²) in [5.74, 6) is 0.458. The van der Waals surface area contributed by atoms with E-state index in [1.165, 1.54) is 14.0 Å². The lowest BCUT2D eigenvalue weighted by atomic mass is 10.1. The highest BCUT2D eigenvalue weighted by Gasteiger charge is 2.04. The number of benzene rings is 1. The number of ether oxygens (including phenoxy) is 1. The fourth-order valence-electron chi connectivity index (χ4n) is 0.985. The lowest BCUT2D eigenvalue weighted by molar-refractivity contribution is 0.101. The van der Waals surface area contributed by atoms with Crippen LogP contribution in [-0.2, 0) is 0 Å². The van der Waals surface area contributed by atoms with Crippen LogP contribution in [0.5, 0.6) is 5.75 Å².